The van der Waals surface area contributed by atoms with Crippen molar-refractivity contribution >= 4 is 29.1 Å². The molecule has 0 bridgehead atoms. The zero-order valence-corrected chi connectivity index (χ0v) is 19.5. The number of piperazine rings is 1. The van der Waals surface area contributed by atoms with Gasteiger partial charge in [0.1, 0.15) is 11.5 Å². The summed E-state index contributed by atoms with van der Waals surface area (Å²) < 4.78 is 0. The fraction of sp³-hybridized carbons (Fsp3) is 0.320. The third-order valence-electron chi connectivity index (χ3n) is 5.77. The first-order chi connectivity index (χ1) is 16.0. The molecule has 7 nitrogen and oxygen atoms in total. The molecule has 3 aromatic rings. The maximum atomic E-state index is 12.2. The summed E-state index contributed by atoms with van der Waals surface area (Å²) in [5.74, 6) is 0.957. The summed E-state index contributed by atoms with van der Waals surface area (Å²) in [5.41, 5.74) is 3.56. The average Bonchev–Trinajstić information content (AvgIpc) is 2.84. The molecule has 0 spiro atoms. The zero-order chi connectivity index (χ0) is 23.4. The van der Waals surface area contributed by atoms with E-state index in [1.165, 1.54) is 0 Å². The minimum Gasteiger partial charge on any atom is -0.352 e. The Balaban J connectivity index is 1.68. The van der Waals surface area contributed by atoms with E-state index < -0.39 is 0 Å². The van der Waals surface area contributed by atoms with Gasteiger partial charge in [0.25, 0.3) is 0 Å². The number of rotatable bonds is 6. The highest BCUT2D eigenvalue weighted by Crippen LogP contribution is 2.34. The second-order valence-electron chi connectivity index (χ2n) is 8.03. The SMILES string of the molecule is CCCC(=O)N1CCN(c2cnc(-c3ccc(C(C)=O)cc3)c(-c3ccncc3Cl)n2)CC1. The van der Waals surface area contributed by atoms with Crippen LogP contribution in [0.5, 0.6) is 0 Å². The first-order valence-corrected chi connectivity index (χ1v) is 11.5. The number of ketones is 1. The van der Waals surface area contributed by atoms with Crippen molar-refractivity contribution < 1.29 is 9.59 Å². The van der Waals surface area contributed by atoms with E-state index in [4.69, 9.17) is 21.6 Å². The quantitative estimate of drug-likeness (QED) is 0.500. The van der Waals surface area contributed by atoms with E-state index in [1.807, 2.05) is 30.0 Å². The van der Waals surface area contributed by atoms with Crippen molar-refractivity contribution in [3.05, 3.63) is 59.5 Å². The number of hydrogen-bond acceptors (Lipinski definition) is 6. The van der Waals surface area contributed by atoms with E-state index in [1.54, 1.807) is 37.6 Å². The average molecular weight is 464 g/mol. The largest absolute Gasteiger partial charge is 0.352 e. The lowest BCUT2D eigenvalue weighted by molar-refractivity contribution is -0.131. The molecule has 8 heteroatoms. The summed E-state index contributed by atoms with van der Waals surface area (Å²) in [6, 6.07) is 9.15. The summed E-state index contributed by atoms with van der Waals surface area (Å²) in [4.78, 5) is 41.7. The molecule has 1 fully saturated rings. The third kappa shape index (κ3) is 5.03. The van der Waals surface area contributed by atoms with Gasteiger partial charge < -0.3 is 9.80 Å². The zero-order valence-electron chi connectivity index (χ0n) is 18.8. The van der Waals surface area contributed by atoms with Crippen molar-refractivity contribution in [1.82, 2.24) is 19.9 Å². The van der Waals surface area contributed by atoms with E-state index in [2.05, 4.69) is 9.88 Å². The van der Waals surface area contributed by atoms with Crippen molar-refractivity contribution in [3.8, 4) is 22.5 Å². The Kier molecular flexibility index (Phi) is 6.99. The van der Waals surface area contributed by atoms with Crippen molar-refractivity contribution in [2.24, 2.45) is 0 Å². The van der Waals surface area contributed by atoms with Gasteiger partial charge in [-0.05, 0) is 19.4 Å². The molecule has 2 aromatic heterocycles. The van der Waals surface area contributed by atoms with Gasteiger partial charge in [0.05, 0.1) is 16.9 Å². The summed E-state index contributed by atoms with van der Waals surface area (Å²) in [6.45, 7) is 6.28. The van der Waals surface area contributed by atoms with Crippen LogP contribution in [-0.4, -0.2) is 57.7 Å². The van der Waals surface area contributed by atoms with E-state index in [9.17, 15) is 9.59 Å². The van der Waals surface area contributed by atoms with Gasteiger partial charge in [-0.15, -0.1) is 0 Å². The monoisotopic (exact) mass is 463 g/mol. The number of halogens is 1. The number of nitrogens with zero attached hydrogens (tertiary/aromatic N) is 5. The number of hydrogen-bond donors (Lipinski definition) is 0. The normalized spacial score (nSPS) is 13.8. The topological polar surface area (TPSA) is 79.3 Å². The molecule has 0 atom stereocenters. The first-order valence-electron chi connectivity index (χ1n) is 11.1. The highest BCUT2D eigenvalue weighted by atomic mass is 35.5. The summed E-state index contributed by atoms with van der Waals surface area (Å²) in [7, 11) is 0. The van der Waals surface area contributed by atoms with E-state index >= 15 is 0 Å². The van der Waals surface area contributed by atoms with E-state index in [-0.39, 0.29) is 11.7 Å². The standard InChI is InChI=1S/C25H26ClN5O2/c1-3-4-23(33)31-13-11-30(12-14-31)22-16-28-24(19-7-5-18(6-8-19)17(2)32)25(29-22)20-9-10-27-15-21(20)26/h5-10,15-16H,3-4,11-14H2,1-2H3. The molecule has 1 saturated heterocycles. The molecule has 170 valence electrons. The van der Waals surface area contributed by atoms with Crippen molar-refractivity contribution in [2.45, 2.75) is 26.7 Å². The minimum atomic E-state index is 0.0111. The van der Waals surface area contributed by atoms with Crippen LogP contribution in [0.25, 0.3) is 22.5 Å². The lowest BCUT2D eigenvalue weighted by Crippen LogP contribution is -2.49. The summed E-state index contributed by atoms with van der Waals surface area (Å²) in [5, 5.41) is 0.487. The summed E-state index contributed by atoms with van der Waals surface area (Å²) >= 11 is 6.47. The second kappa shape index (κ2) is 10.1. The lowest BCUT2D eigenvalue weighted by atomic mass is 10.0. The van der Waals surface area contributed by atoms with Crippen LogP contribution < -0.4 is 4.90 Å². The molecule has 1 aliphatic heterocycles. The smallest absolute Gasteiger partial charge is 0.222 e. The van der Waals surface area contributed by atoms with Crippen LogP contribution >= 0.6 is 11.6 Å². The Morgan fingerprint density at radius 3 is 2.36 bits per heavy atom. The molecule has 0 radical (unpaired) electrons. The van der Waals surface area contributed by atoms with Gasteiger partial charge in [0.15, 0.2) is 5.78 Å². The molecule has 0 saturated carbocycles. The number of aromatic nitrogens is 3. The molecule has 4 rings (SSSR count). The lowest BCUT2D eigenvalue weighted by Gasteiger charge is -2.35. The van der Waals surface area contributed by atoms with Crippen LogP contribution in [0.15, 0.2) is 48.9 Å². The van der Waals surface area contributed by atoms with Crippen LogP contribution in [-0.2, 0) is 4.79 Å². The second-order valence-corrected chi connectivity index (χ2v) is 8.44. The first kappa shape index (κ1) is 22.9. The maximum absolute atomic E-state index is 12.2. The maximum Gasteiger partial charge on any atom is 0.222 e. The predicted octanol–water partition coefficient (Wildman–Crippen LogP) is 4.51. The Labute approximate surface area is 198 Å². The Hall–Kier alpha value is -3.32. The van der Waals surface area contributed by atoms with Crippen molar-refractivity contribution in [1.29, 1.82) is 0 Å². The van der Waals surface area contributed by atoms with E-state index in [0.717, 1.165) is 23.4 Å². The van der Waals surface area contributed by atoms with Gasteiger partial charge in [-0.1, -0.05) is 42.8 Å². The molecule has 1 amide bonds. The van der Waals surface area contributed by atoms with Gasteiger partial charge in [0.2, 0.25) is 5.91 Å². The molecule has 0 aliphatic carbocycles. The Morgan fingerprint density at radius 1 is 1.00 bits per heavy atom. The molecule has 1 aromatic carbocycles. The molecule has 3 heterocycles. The molecular formula is C25H26ClN5O2. The van der Waals surface area contributed by atoms with Gasteiger partial charge in [-0.3, -0.25) is 19.6 Å². The Morgan fingerprint density at radius 2 is 1.73 bits per heavy atom. The van der Waals surface area contributed by atoms with Crippen LogP contribution in [0.2, 0.25) is 5.02 Å². The molecule has 33 heavy (non-hydrogen) atoms. The summed E-state index contributed by atoms with van der Waals surface area (Å²) in [6.07, 6.45) is 6.47. The molecule has 0 N–H and O–H groups in total. The van der Waals surface area contributed by atoms with Crippen molar-refractivity contribution in [3.63, 3.8) is 0 Å². The fourth-order valence-electron chi connectivity index (χ4n) is 3.92. The fourth-order valence-corrected chi connectivity index (χ4v) is 4.13. The van der Waals surface area contributed by atoms with Gasteiger partial charge in [0, 0.05) is 61.7 Å². The van der Waals surface area contributed by atoms with Gasteiger partial charge in [-0.2, -0.15) is 0 Å². The van der Waals surface area contributed by atoms with Crippen LogP contribution in [0.1, 0.15) is 37.0 Å². The number of Topliss-reactive ketones (excluding diaryl/α,β-unsaturated/α-hetero) is 1. The number of carbonyl (C=O) groups excluding carboxylic acids is 2. The Bertz CT molecular complexity index is 1160. The number of anilines is 1. The predicted molar refractivity (Wildman–Crippen MR) is 129 cm³/mol. The number of amides is 1. The highest BCUT2D eigenvalue weighted by Gasteiger charge is 2.23. The number of carbonyl (C=O) groups is 2. The van der Waals surface area contributed by atoms with Crippen LogP contribution in [0, 0.1) is 0 Å². The molecular weight excluding hydrogens is 438 g/mol. The van der Waals surface area contributed by atoms with Crippen LogP contribution in [0.4, 0.5) is 5.82 Å². The van der Waals surface area contributed by atoms with E-state index in [0.29, 0.717) is 54.6 Å². The number of benzene rings is 1. The minimum absolute atomic E-state index is 0.0111. The highest BCUT2D eigenvalue weighted by molar-refractivity contribution is 6.33. The molecule has 0 unspecified atom stereocenters. The van der Waals surface area contributed by atoms with Gasteiger partial charge in [-0.25, -0.2) is 4.98 Å². The molecule has 1 aliphatic rings. The van der Waals surface area contributed by atoms with Crippen LogP contribution in [0.3, 0.4) is 0 Å². The number of pyridine rings is 1. The van der Waals surface area contributed by atoms with Gasteiger partial charge >= 0.3 is 0 Å². The third-order valence-corrected chi connectivity index (χ3v) is 6.07. The van der Waals surface area contributed by atoms with Crippen molar-refractivity contribution in [2.75, 3.05) is 31.1 Å².